The number of fused-ring (bicyclic) bond motifs is 1. The molecule has 1 amide bonds. The molecule has 0 aliphatic heterocycles. The van der Waals surface area contributed by atoms with Gasteiger partial charge in [-0.15, -0.1) is 0 Å². The lowest BCUT2D eigenvalue weighted by molar-refractivity contribution is -0.133. The molecule has 0 aliphatic rings. The van der Waals surface area contributed by atoms with E-state index in [1.807, 2.05) is 31.2 Å². The Kier molecular flexibility index (Phi) is 7.12. The Hall–Kier alpha value is -3.55. The molecule has 164 valence electrons. The van der Waals surface area contributed by atoms with Gasteiger partial charge in [-0.3, -0.25) is 9.59 Å². The second-order valence-electron chi connectivity index (χ2n) is 6.93. The normalized spacial score (nSPS) is 10.7. The highest BCUT2D eigenvalue weighted by molar-refractivity contribution is 5.82. The van der Waals surface area contributed by atoms with Crippen molar-refractivity contribution < 1.29 is 19.0 Å². The van der Waals surface area contributed by atoms with Gasteiger partial charge in [0, 0.05) is 12.6 Å². The van der Waals surface area contributed by atoms with E-state index in [4.69, 9.17) is 14.2 Å². The zero-order valence-electron chi connectivity index (χ0n) is 18.2. The number of H-pyrrole nitrogens is 1. The number of likely N-dealkylation sites (N-methyl/N-ethyl adjacent to an activating group) is 1. The first-order valence-corrected chi connectivity index (χ1v) is 10.1. The van der Waals surface area contributed by atoms with Crippen LogP contribution in [0.1, 0.15) is 25.2 Å². The van der Waals surface area contributed by atoms with Crippen molar-refractivity contribution in [3.8, 4) is 17.2 Å². The van der Waals surface area contributed by atoms with Crippen molar-refractivity contribution in [1.29, 1.82) is 0 Å². The second kappa shape index (κ2) is 9.97. The van der Waals surface area contributed by atoms with Gasteiger partial charge in [0.1, 0.15) is 11.6 Å². The van der Waals surface area contributed by atoms with E-state index >= 15 is 0 Å². The Morgan fingerprint density at radius 2 is 1.74 bits per heavy atom. The van der Waals surface area contributed by atoms with Crippen LogP contribution in [0.2, 0.25) is 0 Å². The number of ether oxygens (including phenoxy) is 3. The van der Waals surface area contributed by atoms with Crippen LogP contribution >= 0.6 is 0 Å². The Morgan fingerprint density at radius 1 is 1.06 bits per heavy atom. The highest BCUT2D eigenvalue weighted by Crippen LogP contribution is 2.29. The smallest absolute Gasteiger partial charge is 0.260 e. The fourth-order valence-electron chi connectivity index (χ4n) is 3.20. The second-order valence-corrected chi connectivity index (χ2v) is 6.93. The molecular weight excluding hydrogens is 398 g/mol. The Balaban J connectivity index is 1.75. The minimum Gasteiger partial charge on any atom is -0.493 e. The lowest BCUT2D eigenvalue weighted by Gasteiger charge is -2.20. The van der Waals surface area contributed by atoms with E-state index in [1.165, 1.54) is 19.8 Å². The van der Waals surface area contributed by atoms with Crippen LogP contribution in [0.5, 0.6) is 17.2 Å². The van der Waals surface area contributed by atoms with Crippen molar-refractivity contribution in [3.63, 3.8) is 0 Å². The van der Waals surface area contributed by atoms with E-state index in [-0.39, 0.29) is 24.6 Å². The number of methoxy groups -OCH3 is 2. The summed E-state index contributed by atoms with van der Waals surface area (Å²) in [6.45, 7) is 4.46. The number of rotatable bonds is 9. The van der Waals surface area contributed by atoms with Crippen LogP contribution in [0.25, 0.3) is 10.9 Å². The van der Waals surface area contributed by atoms with E-state index in [0.717, 1.165) is 6.42 Å². The first kappa shape index (κ1) is 22.1. The van der Waals surface area contributed by atoms with Crippen LogP contribution in [0.3, 0.4) is 0 Å². The van der Waals surface area contributed by atoms with Gasteiger partial charge < -0.3 is 24.1 Å². The number of aromatic amines is 1. The molecule has 8 heteroatoms. The molecule has 3 aromatic rings. The number of carbonyl (C=O) groups excluding carboxylic acids is 1. The average molecular weight is 425 g/mol. The van der Waals surface area contributed by atoms with Crippen molar-refractivity contribution in [3.05, 3.63) is 58.1 Å². The van der Waals surface area contributed by atoms with Crippen molar-refractivity contribution >= 4 is 16.8 Å². The molecule has 0 bridgehead atoms. The molecule has 2 aromatic carbocycles. The topological polar surface area (TPSA) is 93.8 Å². The third kappa shape index (κ3) is 5.14. The zero-order chi connectivity index (χ0) is 22.4. The summed E-state index contributed by atoms with van der Waals surface area (Å²) in [5, 5.41) is 0.384. The molecule has 0 radical (unpaired) electrons. The van der Waals surface area contributed by atoms with Gasteiger partial charge in [-0.05, 0) is 37.1 Å². The highest BCUT2D eigenvalue weighted by atomic mass is 16.5. The summed E-state index contributed by atoms with van der Waals surface area (Å²) in [6.07, 6.45) is 0.943. The number of hydrogen-bond acceptors (Lipinski definition) is 6. The number of nitrogens with one attached hydrogen (secondary N) is 1. The first-order chi connectivity index (χ1) is 15.0. The molecular formula is C23H27N3O5. The Labute approximate surface area is 180 Å². The molecule has 0 fully saturated rings. The molecule has 0 saturated carbocycles. The quantitative estimate of drug-likeness (QED) is 0.567. The molecule has 1 N–H and O–H groups in total. The fraction of sp³-hybridized carbons (Fsp3) is 0.348. The van der Waals surface area contributed by atoms with Crippen LogP contribution in [0, 0.1) is 0 Å². The minimum absolute atomic E-state index is 0.0951. The summed E-state index contributed by atoms with van der Waals surface area (Å²) in [6, 6.07) is 10.9. The molecule has 0 atom stereocenters. The summed E-state index contributed by atoms with van der Waals surface area (Å²) < 4.78 is 16.2. The van der Waals surface area contributed by atoms with Crippen molar-refractivity contribution in [2.45, 2.75) is 26.8 Å². The van der Waals surface area contributed by atoms with Crippen LogP contribution in [-0.4, -0.2) is 48.1 Å². The van der Waals surface area contributed by atoms with Gasteiger partial charge in [0.15, 0.2) is 18.1 Å². The molecule has 0 aliphatic carbocycles. The molecule has 31 heavy (non-hydrogen) atoms. The van der Waals surface area contributed by atoms with Gasteiger partial charge in [-0.25, -0.2) is 4.98 Å². The van der Waals surface area contributed by atoms with Crippen LogP contribution < -0.4 is 19.8 Å². The minimum atomic E-state index is -0.309. The van der Waals surface area contributed by atoms with E-state index in [0.29, 0.717) is 40.5 Å². The maximum absolute atomic E-state index is 12.7. The van der Waals surface area contributed by atoms with Gasteiger partial charge >= 0.3 is 0 Å². The summed E-state index contributed by atoms with van der Waals surface area (Å²) in [5.41, 5.74) is 1.36. The summed E-state index contributed by atoms with van der Waals surface area (Å²) in [4.78, 5) is 34.0. The highest BCUT2D eigenvalue weighted by Gasteiger charge is 2.16. The Bertz CT molecular complexity index is 1110. The SMILES string of the molecule is CCc1ccc(OCC(=O)N(CC)Cc2nc3cc(OC)c(OC)cc3c(=O)[nH]2)cc1. The van der Waals surface area contributed by atoms with Gasteiger partial charge in [-0.1, -0.05) is 19.1 Å². The summed E-state index contributed by atoms with van der Waals surface area (Å²) in [7, 11) is 3.02. The molecule has 1 heterocycles. The first-order valence-electron chi connectivity index (χ1n) is 10.1. The largest absolute Gasteiger partial charge is 0.493 e. The molecule has 0 saturated heterocycles. The van der Waals surface area contributed by atoms with Gasteiger partial charge in [0.05, 0.1) is 31.7 Å². The van der Waals surface area contributed by atoms with Crippen LogP contribution in [0.15, 0.2) is 41.2 Å². The number of benzene rings is 2. The molecule has 0 unspecified atom stereocenters. The maximum atomic E-state index is 12.7. The standard InChI is InChI=1S/C23H27N3O5/c1-5-15-7-9-16(10-8-15)31-14-22(27)26(6-2)13-21-24-18-12-20(30-4)19(29-3)11-17(18)23(28)25-21/h7-12H,5-6,13-14H2,1-4H3,(H,24,25,28). The van der Waals surface area contributed by atoms with E-state index in [2.05, 4.69) is 16.9 Å². The van der Waals surface area contributed by atoms with Crippen molar-refractivity contribution in [2.75, 3.05) is 27.4 Å². The number of carbonyl (C=O) groups is 1. The molecule has 8 nitrogen and oxygen atoms in total. The van der Waals surface area contributed by atoms with Gasteiger partial charge in [0.25, 0.3) is 11.5 Å². The third-order valence-corrected chi connectivity index (χ3v) is 5.03. The summed E-state index contributed by atoms with van der Waals surface area (Å²) >= 11 is 0. The molecule has 1 aromatic heterocycles. The molecule has 0 spiro atoms. The predicted molar refractivity (Wildman–Crippen MR) is 118 cm³/mol. The number of amides is 1. The van der Waals surface area contributed by atoms with Gasteiger partial charge in [0.2, 0.25) is 0 Å². The number of nitrogens with zero attached hydrogens (tertiary/aromatic N) is 2. The molecule has 3 rings (SSSR count). The number of hydrogen-bond donors (Lipinski definition) is 1. The van der Waals surface area contributed by atoms with E-state index in [9.17, 15) is 9.59 Å². The van der Waals surface area contributed by atoms with Crippen LogP contribution in [-0.2, 0) is 17.8 Å². The predicted octanol–water partition coefficient (Wildman–Crippen LogP) is 2.93. The van der Waals surface area contributed by atoms with Crippen molar-refractivity contribution in [1.82, 2.24) is 14.9 Å². The monoisotopic (exact) mass is 425 g/mol. The number of aromatic nitrogens is 2. The lowest BCUT2D eigenvalue weighted by atomic mass is 10.2. The fourth-order valence-corrected chi connectivity index (χ4v) is 3.20. The van der Waals surface area contributed by atoms with E-state index in [1.54, 1.807) is 17.0 Å². The zero-order valence-corrected chi connectivity index (χ0v) is 18.2. The Morgan fingerprint density at radius 3 is 2.35 bits per heavy atom. The van der Waals surface area contributed by atoms with Crippen LogP contribution in [0.4, 0.5) is 0 Å². The average Bonchev–Trinajstić information content (AvgIpc) is 2.80. The summed E-state index contributed by atoms with van der Waals surface area (Å²) in [5.74, 6) is 1.75. The van der Waals surface area contributed by atoms with Crippen molar-refractivity contribution in [2.24, 2.45) is 0 Å². The maximum Gasteiger partial charge on any atom is 0.260 e. The van der Waals surface area contributed by atoms with E-state index < -0.39 is 0 Å². The third-order valence-electron chi connectivity index (χ3n) is 5.03. The lowest BCUT2D eigenvalue weighted by Crippen LogP contribution is -2.35. The van der Waals surface area contributed by atoms with Gasteiger partial charge in [-0.2, -0.15) is 0 Å². The number of aryl methyl sites for hydroxylation is 1.